The first kappa shape index (κ1) is 11.6. The van der Waals surface area contributed by atoms with Crippen molar-refractivity contribution >= 4 is 6.09 Å². The lowest BCUT2D eigenvalue weighted by atomic mass is 9.95. The van der Waals surface area contributed by atoms with Gasteiger partial charge in [0.1, 0.15) is 6.10 Å². The van der Waals surface area contributed by atoms with Crippen molar-refractivity contribution in [3.63, 3.8) is 0 Å². The molecular weight excluding hydrogens is 192 g/mol. The van der Waals surface area contributed by atoms with Gasteiger partial charge in [-0.25, -0.2) is 4.79 Å². The lowest BCUT2D eigenvalue weighted by molar-refractivity contribution is 0.103. The fourth-order valence-electron chi connectivity index (χ4n) is 1.67. The maximum Gasteiger partial charge on any atom is 0.411 e. The van der Waals surface area contributed by atoms with Gasteiger partial charge in [-0.2, -0.15) is 5.26 Å². The number of cyclic esters (lactones) is 1. The molecule has 4 heteroatoms. The molecule has 0 aromatic carbocycles. The summed E-state index contributed by atoms with van der Waals surface area (Å²) in [5.74, 6) is 0.166. The Balaban J connectivity index is 2.70. The van der Waals surface area contributed by atoms with Crippen LogP contribution >= 0.6 is 0 Å². The maximum atomic E-state index is 11.3. The highest BCUT2D eigenvalue weighted by molar-refractivity contribution is 5.71. The van der Waals surface area contributed by atoms with Gasteiger partial charge in [-0.3, -0.25) is 4.90 Å². The predicted molar refractivity (Wildman–Crippen MR) is 56.0 cm³/mol. The molecule has 1 fully saturated rings. The maximum absolute atomic E-state index is 11.3. The van der Waals surface area contributed by atoms with Gasteiger partial charge in [-0.1, -0.05) is 19.1 Å². The molecular formula is C11H16N2O2. The monoisotopic (exact) mass is 208 g/mol. The molecule has 0 radical (unpaired) electrons. The van der Waals surface area contributed by atoms with Gasteiger partial charge in [0.2, 0.25) is 0 Å². The molecule has 0 spiro atoms. The SMILES string of the molecule is CC=CCC(C)C1OC(=O)N(C)C1C#N. The molecule has 1 rings (SSSR count). The Morgan fingerprint density at radius 2 is 2.40 bits per heavy atom. The summed E-state index contributed by atoms with van der Waals surface area (Å²) >= 11 is 0. The normalized spacial score (nSPS) is 27.9. The van der Waals surface area contributed by atoms with Crippen molar-refractivity contribution in [1.29, 1.82) is 5.26 Å². The van der Waals surface area contributed by atoms with Crippen molar-refractivity contribution in [2.45, 2.75) is 32.4 Å². The molecule has 3 atom stereocenters. The third kappa shape index (κ3) is 2.30. The van der Waals surface area contributed by atoms with Gasteiger partial charge in [0.15, 0.2) is 6.04 Å². The van der Waals surface area contributed by atoms with Crippen molar-refractivity contribution in [2.24, 2.45) is 5.92 Å². The third-order valence-corrected chi connectivity index (χ3v) is 2.69. The van der Waals surface area contributed by atoms with Crippen LogP contribution in [0.1, 0.15) is 20.3 Å². The van der Waals surface area contributed by atoms with Gasteiger partial charge in [0.25, 0.3) is 0 Å². The van der Waals surface area contributed by atoms with Crippen LogP contribution in [0.5, 0.6) is 0 Å². The Bertz CT molecular complexity index is 306. The zero-order chi connectivity index (χ0) is 11.4. The van der Waals surface area contributed by atoms with Crippen LogP contribution < -0.4 is 0 Å². The predicted octanol–water partition coefficient (Wildman–Crippen LogP) is 1.93. The molecule has 1 aliphatic rings. The van der Waals surface area contributed by atoms with E-state index in [2.05, 4.69) is 6.07 Å². The van der Waals surface area contributed by atoms with Crippen LogP contribution in [0.2, 0.25) is 0 Å². The molecule has 0 aromatic heterocycles. The number of amides is 1. The molecule has 15 heavy (non-hydrogen) atoms. The lowest BCUT2D eigenvalue weighted by Crippen LogP contribution is -2.35. The molecule has 4 nitrogen and oxygen atoms in total. The largest absolute Gasteiger partial charge is 0.442 e. The van der Waals surface area contributed by atoms with E-state index in [9.17, 15) is 4.79 Å². The molecule has 0 bridgehead atoms. The third-order valence-electron chi connectivity index (χ3n) is 2.69. The molecule has 0 aromatic rings. The number of hydrogen-bond donors (Lipinski definition) is 0. The first-order valence-corrected chi connectivity index (χ1v) is 5.06. The Kier molecular flexibility index (Phi) is 3.73. The molecule has 0 saturated carbocycles. The highest BCUT2D eigenvalue weighted by Gasteiger charge is 2.42. The number of ether oxygens (including phenoxy) is 1. The van der Waals surface area contributed by atoms with Crippen molar-refractivity contribution in [1.82, 2.24) is 4.90 Å². The van der Waals surface area contributed by atoms with E-state index in [0.717, 1.165) is 6.42 Å². The Labute approximate surface area is 90.1 Å². The van der Waals surface area contributed by atoms with Gasteiger partial charge in [0, 0.05) is 7.05 Å². The van der Waals surface area contributed by atoms with E-state index in [1.165, 1.54) is 4.90 Å². The second kappa shape index (κ2) is 4.83. The zero-order valence-electron chi connectivity index (χ0n) is 9.30. The first-order chi connectivity index (χ1) is 7.11. The van der Waals surface area contributed by atoms with E-state index in [1.54, 1.807) is 7.05 Å². The molecule has 0 aliphatic carbocycles. The van der Waals surface area contributed by atoms with Crippen molar-refractivity contribution in [3.05, 3.63) is 12.2 Å². The van der Waals surface area contributed by atoms with Crippen LogP contribution in [0.25, 0.3) is 0 Å². The van der Waals surface area contributed by atoms with Crippen LogP contribution in [-0.2, 0) is 4.74 Å². The fourth-order valence-corrected chi connectivity index (χ4v) is 1.67. The van der Waals surface area contributed by atoms with Gasteiger partial charge in [-0.05, 0) is 19.3 Å². The second-order valence-corrected chi connectivity index (χ2v) is 3.82. The summed E-state index contributed by atoms with van der Waals surface area (Å²) in [6.45, 7) is 3.93. The number of likely N-dealkylation sites (N-methyl/N-ethyl adjacent to an activating group) is 1. The molecule has 1 amide bonds. The summed E-state index contributed by atoms with van der Waals surface area (Å²) in [7, 11) is 1.60. The van der Waals surface area contributed by atoms with Gasteiger partial charge < -0.3 is 4.74 Å². The van der Waals surface area contributed by atoms with Gasteiger partial charge in [0.05, 0.1) is 6.07 Å². The van der Waals surface area contributed by atoms with Crippen LogP contribution in [0, 0.1) is 17.2 Å². The van der Waals surface area contributed by atoms with E-state index < -0.39 is 12.1 Å². The van der Waals surface area contributed by atoms with Gasteiger partial charge >= 0.3 is 6.09 Å². The number of allylic oxidation sites excluding steroid dienone is 2. The summed E-state index contributed by atoms with van der Waals surface area (Å²) in [5.41, 5.74) is 0. The lowest BCUT2D eigenvalue weighted by Gasteiger charge is -2.19. The topological polar surface area (TPSA) is 53.3 Å². The molecule has 82 valence electrons. The summed E-state index contributed by atoms with van der Waals surface area (Å²) < 4.78 is 5.17. The number of hydrogen-bond acceptors (Lipinski definition) is 3. The van der Waals surface area contributed by atoms with E-state index in [1.807, 2.05) is 26.0 Å². The van der Waals surface area contributed by atoms with E-state index >= 15 is 0 Å². The molecule has 1 saturated heterocycles. The molecule has 0 N–H and O–H groups in total. The van der Waals surface area contributed by atoms with Crippen LogP contribution in [0.4, 0.5) is 4.79 Å². The fraction of sp³-hybridized carbons (Fsp3) is 0.636. The Morgan fingerprint density at radius 1 is 1.73 bits per heavy atom. The van der Waals surface area contributed by atoms with Crippen molar-refractivity contribution < 1.29 is 9.53 Å². The zero-order valence-corrected chi connectivity index (χ0v) is 9.30. The van der Waals surface area contributed by atoms with Crippen LogP contribution in [-0.4, -0.2) is 30.2 Å². The van der Waals surface area contributed by atoms with Crippen molar-refractivity contribution in [2.75, 3.05) is 7.05 Å². The highest BCUT2D eigenvalue weighted by Crippen LogP contribution is 2.25. The smallest absolute Gasteiger partial charge is 0.411 e. The van der Waals surface area contributed by atoms with Crippen molar-refractivity contribution in [3.8, 4) is 6.07 Å². The molecule has 1 aliphatic heterocycles. The Morgan fingerprint density at radius 3 is 2.93 bits per heavy atom. The molecule has 1 heterocycles. The number of carbonyl (C=O) groups is 1. The summed E-state index contributed by atoms with van der Waals surface area (Å²) in [6.07, 6.45) is 4.08. The minimum atomic E-state index is -0.460. The number of nitrogens with zero attached hydrogens (tertiary/aromatic N) is 2. The standard InChI is InChI=1S/C11H16N2O2/c1-4-5-6-8(2)10-9(7-12)13(3)11(14)15-10/h4-5,8-10H,6H2,1-3H3. The number of carbonyl (C=O) groups excluding carboxylic acids is 1. The average molecular weight is 208 g/mol. The average Bonchev–Trinajstić information content (AvgIpc) is 2.52. The van der Waals surface area contributed by atoms with E-state index in [4.69, 9.17) is 10.00 Å². The van der Waals surface area contributed by atoms with Gasteiger partial charge in [-0.15, -0.1) is 0 Å². The second-order valence-electron chi connectivity index (χ2n) is 3.82. The first-order valence-electron chi connectivity index (χ1n) is 5.06. The summed E-state index contributed by atoms with van der Waals surface area (Å²) in [5, 5.41) is 8.96. The minimum absolute atomic E-state index is 0.166. The minimum Gasteiger partial charge on any atom is -0.442 e. The Hall–Kier alpha value is -1.50. The molecule has 3 unspecified atom stereocenters. The number of nitriles is 1. The van der Waals surface area contributed by atoms with Crippen LogP contribution in [0.15, 0.2) is 12.2 Å². The van der Waals surface area contributed by atoms with E-state index in [0.29, 0.717) is 0 Å². The summed E-state index contributed by atoms with van der Waals surface area (Å²) in [4.78, 5) is 12.6. The number of rotatable bonds is 3. The highest BCUT2D eigenvalue weighted by atomic mass is 16.6. The quantitative estimate of drug-likeness (QED) is 0.666. The summed E-state index contributed by atoms with van der Waals surface area (Å²) in [6, 6.07) is 1.65. The van der Waals surface area contributed by atoms with E-state index in [-0.39, 0.29) is 12.0 Å². The van der Waals surface area contributed by atoms with Crippen LogP contribution in [0.3, 0.4) is 0 Å².